The molecule has 30 valence electrons. The molecule has 0 saturated heterocycles. The highest BCUT2D eigenvalue weighted by Crippen LogP contribution is 1.55. The second-order valence-electron chi connectivity index (χ2n) is 0.695. The Kier molecular flexibility index (Phi) is 4.86. The molecule has 0 unspecified atom stereocenters. The van der Waals surface area contributed by atoms with Crippen LogP contribution in [0, 0.1) is 0 Å². The van der Waals surface area contributed by atoms with Crippen LogP contribution in [0.5, 0.6) is 0 Å². The van der Waals surface area contributed by atoms with E-state index in [2.05, 4.69) is 7.58 Å². The molecule has 0 heterocycles. The van der Waals surface area contributed by atoms with Crippen molar-refractivity contribution < 1.29 is 7.58 Å². The molecule has 0 aliphatic carbocycles. The summed E-state index contributed by atoms with van der Waals surface area (Å²) >= 11 is -0.568. The van der Waals surface area contributed by atoms with E-state index in [1.807, 2.05) is 0 Å². The minimum Gasteiger partial charge on any atom is -0.484 e. The largest absolute Gasteiger partial charge is 0.649 e. The van der Waals surface area contributed by atoms with Gasteiger partial charge in [0.2, 0.25) is 0 Å². The second kappa shape index (κ2) is 4.45. The van der Waals surface area contributed by atoms with Crippen LogP contribution < -0.4 is 0 Å². The van der Waals surface area contributed by atoms with Gasteiger partial charge in [0.15, 0.2) is 0 Å². The van der Waals surface area contributed by atoms with Crippen LogP contribution in [-0.2, 0) is 7.58 Å². The van der Waals surface area contributed by atoms with Crippen molar-refractivity contribution in [1.29, 1.82) is 0 Å². The van der Waals surface area contributed by atoms with Crippen LogP contribution in [0.4, 0.5) is 0 Å². The molecule has 0 aliphatic heterocycles. The molecule has 0 aromatic heterocycles. The third-order valence-electron chi connectivity index (χ3n) is 0.236. The molecule has 0 fully saturated rings. The van der Waals surface area contributed by atoms with Crippen LogP contribution in [0.2, 0.25) is 0 Å². The Bertz CT molecular complexity index is 15.1. The zero-order valence-corrected chi connectivity index (χ0v) is 4.94. The van der Waals surface area contributed by atoms with Gasteiger partial charge in [-0.1, -0.05) is 0 Å². The molecular weight excluding hydrogens is 83.0 g/mol. The molecule has 0 amide bonds. The molecule has 0 aromatic rings. The lowest BCUT2D eigenvalue weighted by atomic mass is 11.8. The Morgan fingerprint density at radius 2 is 1.60 bits per heavy atom. The summed E-state index contributed by atoms with van der Waals surface area (Å²) in [5.74, 6) is 0. The average Bonchev–Trinajstić information content (AvgIpc) is 1.41. The zero-order valence-electron chi connectivity index (χ0n) is 3.52. The van der Waals surface area contributed by atoms with Gasteiger partial charge in [-0.05, 0) is 0 Å². The summed E-state index contributed by atoms with van der Waals surface area (Å²) < 4.78 is 9.22. The van der Waals surface area contributed by atoms with Crippen molar-refractivity contribution in [2.24, 2.45) is 0 Å². The molecule has 0 spiro atoms. The van der Waals surface area contributed by atoms with Gasteiger partial charge in [0, 0.05) is 14.2 Å². The van der Waals surface area contributed by atoms with Crippen LogP contribution in [0.25, 0.3) is 0 Å². The van der Waals surface area contributed by atoms with Gasteiger partial charge >= 0.3 is 15.9 Å². The molecule has 0 saturated carbocycles. The predicted molar refractivity (Wildman–Crippen MR) is 21.2 cm³/mol. The Morgan fingerprint density at radius 1 is 1.20 bits per heavy atom. The van der Waals surface area contributed by atoms with Gasteiger partial charge in [0.25, 0.3) is 0 Å². The highest BCUT2D eigenvalue weighted by atomic mass is 27.2. The van der Waals surface area contributed by atoms with E-state index in [0.29, 0.717) is 0 Å². The highest BCUT2D eigenvalue weighted by Gasteiger charge is 1.81. The Morgan fingerprint density at radius 3 is 1.60 bits per heavy atom. The van der Waals surface area contributed by atoms with Crippen LogP contribution in [0.15, 0.2) is 0 Å². The topological polar surface area (TPSA) is 18.5 Å². The van der Waals surface area contributed by atoms with Crippen molar-refractivity contribution in [3.8, 4) is 0 Å². The monoisotopic (exact) mass is 90.0 g/mol. The first-order valence-electron chi connectivity index (χ1n) is 1.39. The van der Waals surface area contributed by atoms with E-state index >= 15 is 0 Å². The van der Waals surface area contributed by atoms with E-state index < -0.39 is 15.9 Å². The Hall–Kier alpha value is 0.452. The van der Waals surface area contributed by atoms with Crippen LogP contribution >= 0.6 is 0 Å². The molecule has 0 aromatic carbocycles. The minimum atomic E-state index is -0.568. The summed E-state index contributed by atoms with van der Waals surface area (Å²) in [5, 5.41) is 0. The maximum Gasteiger partial charge on any atom is 0.649 e. The number of rotatable bonds is 2. The van der Waals surface area contributed by atoms with E-state index in [1.165, 1.54) is 0 Å². The SMILES string of the molecule is C[O][AlH][O]C. The van der Waals surface area contributed by atoms with Crippen molar-refractivity contribution in [2.75, 3.05) is 14.2 Å². The van der Waals surface area contributed by atoms with Gasteiger partial charge in [0.05, 0.1) is 0 Å². The first kappa shape index (κ1) is 5.45. The van der Waals surface area contributed by atoms with Crippen molar-refractivity contribution in [3.05, 3.63) is 0 Å². The molecule has 0 N–H and O–H groups in total. The molecule has 0 atom stereocenters. The molecule has 0 bridgehead atoms. The van der Waals surface area contributed by atoms with Gasteiger partial charge in [-0.3, -0.25) is 0 Å². The number of hydrogen-bond acceptors (Lipinski definition) is 2. The maximum absolute atomic E-state index is 4.61. The first-order chi connectivity index (χ1) is 2.41. The van der Waals surface area contributed by atoms with E-state index in [4.69, 9.17) is 0 Å². The highest BCUT2D eigenvalue weighted by molar-refractivity contribution is 6.17. The summed E-state index contributed by atoms with van der Waals surface area (Å²) in [6.07, 6.45) is 0. The van der Waals surface area contributed by atoms with Gasteiger partial charge in [-0.25, -0.2) is 0 Å². The minimum absolute atomic E-state index is 0.568. The first-order valence-corrected chi connectivity index (χ1v) is 2.55. The average molecular weight is 90.1 g/mol. The van der Waals surface area contributed by atoms with Gasteiger partial charge in [-0.2, -0.15) is 0 Å². The van der Waals surface area contributed by atoms with Gasteiger partial charge < -0.3 is 7.58 Å². The summed E-state index contributed by atoms with van der Waals surface area (Å²) in [5.41, 5.74) is 0. The summed E-state index contributed by atoms with van der Waals surface area (Å²) in [6, 6.07) is 0. The van der Waals surface area contributed by atoms with Gasteiger partial charge in [-0.15, -0.1) is 0 Å². The second-order valence-corrected chi connectivity index (χ2v) is 2.09. The molecular formula is C2H7AlO2. The predicted octanol–water partition coefficient (Wildman–Crippen LogP) is -0.454. The van der Waals surface area contributed by atoms with Crippen LogP contribution in [0.1, 0.15) is 0 Å². The lowest BCUT2D eigenvalue weighted by Gasteiger charge is -1.83. The fourth-order valence-electron chi connectivity index (χ4n) is 0.118. The Labute approximate surface area is 38.5 Å². The molecule has 0 rings (SSSR count). The normalized spacial score (nSPS) is 7.60. The smallest absolute Gasteiger partial charge is 0.484 e. The lowest BCUT2D eigenvalue weighted by Crippen LogP contribution is -1.93. The maximum atomic E-state index is 4.61. The standard InChI is InChI=1S/2CH3O.Al.H/c2*1-2;;/h2*1H3;;/q2*-1;+2;. The quantitative estimate of drug-likeness (QED) is 0.427. The summed E-state index contributed by atoms with van der Waals surface area (Å²) in [4.78, 5) is 0. The van der Waals surface area contributed by atoms with E-state index in [9.17, 15) is 0 Å². The van der Waals surface area contributed by atoms with E-state index in [0.717, 1.165) is 0 Å². The van der Waals surface area contributed by atoms with E-state index in [-0.39, 0.29) is 0 Å². The van der Waals surface area contributed by atoms with Gasteiger partial charge in [0.1, 0.15) is 0 Å². The van der Waals surface area contributed by atoms with Crippen molar-refractivity contribution >= 4 is 15.9 Å². The van der Waals surface area contributed by atoms with Crippen LogP contribution in [-0.4, -0.2) is 30.1 Å². The fraction of sp³-hybridized carbons (Fsp3) is 1.00. The molecule has 3 heteroatoms. The summed E-state index contributed by atoms with van der Waals surface area (Å²) in [6.45, 7) is 0. The third-order valence-corrected chi connectivity index (χ3v) is 0.707. The molecule has 5 heavy (non-hydrogen) atoms. The number of hydrogen-bond donors (Lipinski definition) is 0. The molecule has 0 aliphatic rings. The molecule has 2 nitrogen and oxygen atoms in total. The fourth-order valence-corrected chi connectivity index (χ4v) is 0.354. The Balaban J connectivity index is 2.19. The van der Waals surface area contributed by atoms with E-state index in [1.54, 1.807) is 14.2 Å². The summed E-state index contributed by atoms with van der Waals surface area (Å²) in [7, 11) is 3.30. The lowest BCUT2D eigenvalue weighted by molar-refractivity contribution is 0.309. The molecule has 0 radical (unpaired) electrons. The van der Waals surface area contributed by atoms with Crippen molar-refractivity contribution in [3.63, 3.8) is 0 Å². The van der Waals surface area contributed by atoms with Crippen LogP contribution in [0.3, 0.4) is 0 Å². The van der Waals surface area contributed by atoms with Crippen molar-refractivity contribution in [1.82, 2.24) is 0 Å². The van der Waals surface area contributed by atoms with Crippen molar-refractivity contribution in [2.45, 2.75) is 0 Å². The third kappa shape index (κ3) is 4.45. The zero-order chi connectivity index (χ0) is 4.12.